The summed E-state index contributed by atoms with van der Waals surface area (Å²) in [4.78, 5) is 0. The highest BCUT2D eigenvalue weighted by molar-refractivity contribution is 6.61. The summed E-state index contributed by atoms with van der Waals surface area (Å²) >= 11 is 6.11. The molecule has 1 aromatic carbocycles. The van der Waals surface area contributed by atoms with Crippen molar-refractivity contribution >= 4 is 20.4 Å². The fourth-order valence-corrected chi connectivity index (χ4v) is 5.94. The van der Waals surface area contributed by atoms with Gasteiger partial charge < -0.3 is 13.3 Å². The van der Waals surface area contributed by atoms with Gasteiger partial charge in [-0.2, -0.15) is 0 Å². The molecule has 0 aromatic heterocycles. The lowest BCUT2D eigenvalue weighted by Gasteiger charge is -2.37. The Balaban J connectivity index is 2.05. The predicted molar refractivity (Wildman–Crippen MR) is 92.4 cm³/mol. The third-order valence-corrected chi connectivity index (χ3v) is 7.37. The highest BCUT2D eigenvalue weighted by Gasteiger charge is 2.45. The second kappa shape index (κ2) is 7.93. The van der Waals surface area contributed by atoms with Crippen molar-refractivity contribution in [3.05, 3.63) is 35.4 Å². The number of rotatable bonds is 6. The Labute approximate surface area is 140 Å². The van der Waals surface area contributed by atoms with Gasteiger partial charge in [0.2, 0.25) is 0 Å². The topological polar surface area (TPSA) is 27.7 Å². The Morgan fingerprint density at radius 2 is 1.73 bits per heavy atom. The molecular weight excluding hydrogens is 316 g/mol. The van der Waals surface area contributed by atoms with Gasteiger partial charge in [-0.3, -0.25) is 0 Å². The van der Waals surface area contributed by atoms with E-state index in [0.717, 1.165) is 24.8 Å². The van der Waals surface area contributed by atoms with Gasteiger partial charge in [0.25, 0.3) is 0 Å². The molecule has 2 atom stereocenters. The van der Waals surface area contributed by atoms with Gasteiger partial charge in [-0.1, -0.05) is 38.1 Å². The van der Waals surface area contributed by atoms with E-state index in [1.807, 2.05) is 13.8 Å². The molecule has 1 aliphatic heterocycles. The minimum absolute atomic E-state index is 0.0417. The fraction of sp³-hybridized carbons (Fsp3) is 0.647. The molecule has 1 aromatic rings. The first-order valence-corrected chi connectivity index (χ1v) is 10.5. The lowest BCUT2D eigenvalue weighted by molar-refractivity contribution is -0.00345. The third-order valence-electron chi connectivity index (χ3n) is 4.06. The van der Waals surface area contributed by atoms with E-state index in [9.17, 15) is 0 Å². The third kappa shape index (κ3) is 4.55. The van der Waals surface area contributed by atoms with Crippen LogP contribution in [0.4, 0.5) is 0 Å². The average molecular weight is 343 g/mol. The second-order valence-corrected chi connectivity index (χ2v) is 9.53. The van der Waals surface area contributed by atoms with Crippen molar-refractivity contribution in [2.45, 2.75) is 45.0 Å². The van der Waals surface area contributed by atoms with E-state index >= 15 is 0 Å². The molecule has 0 amide bonds. The zero-order valence-electron chi connectivity index (χ0n) is 14.0. The molecule has 0 radical (unpaired) electrons. The Morgan fingerprint density at radius 1 is 1.18 bits per heavy atom. The summed E-state index contributed by atoms with van der Waals surface area (Å²) in [7, 11) is -2.53. The van der Waals surface area contributed by atoms with Crippen LogP contribution in [0, 0.1) is 5.92 Å². The summed E-state index contributed by atoms with van der Waals surface area (Å²) in [6, 6.07) is 9.33. The molecule has 22 heavy (non-hydrogen) atoms. The van der Waals surface area contributed by atoms with E-state index in [2.05, 4.69) is 38.1 Å². The smallest absolute Gasteiger partial charge is 0.374 e. The quantitative estimate of drug-likeness (QED) is 0.551. The number of halogens is 1. The van der Waals surface area contributed by atoms with Crippen molar-refractivity contribution in [3.63, 3.8) is 0 Å². The van der Waals surface area contributed by atoms with Crippen molar-refractivity contribution in [1.82, 2.24) is 0 Å². The van der Waals surface area contributed by atoms with Crippen LogP contribution < -0.4 is 0 Å². The van der Waals surface area contributed by atoms with Crippen LogP contribution >= 0.6 is 11.6 Å². The molecule has 0 spiro atoms. The van der Waals surface area contributed by atoms with E-state index < -0.39 is 8.80 Å². The van der Waals surface area contributed by atoms with E-state index in [0.29, 0.717) is 18.4 Å². The monoisotopic (exact) mass is 342 g/mol. The predicted octanol–water partition coefficient (Wildman–Crippen LogP) is 4.75. The van der Waals surface area contributed by atoms with E-state index in [1.54, 1.807) is 0 Å². The van der Waals surface area contributed by atoms with Crippen molar-refractivity contribution < 1.29 is 13.3 Å². The lowest BCUT2D eigenvalue weighted by atomic mass is 10.0. The maximum absolute atomic E-state index is 6.11. The molecule has 0 aliphatic carbocycles. The molecule has 1 saturated heterocycles. The molecule has 2 rings (SSSR count). The maximum atomic E-state index is 6.11. The zero-order chi connectivity index (χ0) is 16.2. The summed E-state index contributed by atoms with van der Waals surface area (Å²) in [6.45, 7) is 10.4. The maximum Gasteiger partial charge on any atom is 0.501 e. The Hall–Kier alpha value is -0.393. The molecule has 1 aliphatic rings. The first-order chi connectivity index (χ1) is 10.5. The fourth-order valence-electron chi connectivity index (χ4n) is 2.69. The standard InChI is InChI=1S/C17H27ClO3Si/c1-5-19-22(20-10-13(2)11-21-22)12-14(3)16-6-8-17(9-7-16)15(4)18/h6-9,13-15H,5,10-12H2,1-4H3. The Bertz CT molecular complexity index is 455. The molecule has 3 nitrogen and oxygen atoms in total. The van der Waals surface area contributed by atoms with Crippen molar-refractivity contribution in [2.24, 2.45) is 5.92 Å². The van der Waals surface area contributed by atoms with Gasteiger partial charge in [0, 0.05) is 31.8 Å². The summed E-state index contributed by atoms with van der Waals surface area (Å²) in [5.41, 5.74) is 2.42. The highest BCUT2D eigenvalue weighted by Crippen LogP contribution is 2.32. The number of hydrogen-bond donors (Lipinski definition) is 0. The van der Waals surface area contributed by atoms with Crippen molar-refractivity contribution in [2.75, 3.05) is 19.8 Å². The Morgan fingerprint density at radius 3 is 2.23 bits per heavy atom. The SMILES string of the molecule is CCO[Si]1(CC(C)c2ccc(C(C)Cl)cc2)OCC(C)CO1. The molecule has 5 heteroatoms. The average Bonchev–Trinajstić information content (AvgIpc) is 2.50. The second-order valence-electron chi connectivity index (χ2n) is 6.23. The van der Waals surface area contributed by atoms with Crippen LogP contribution in [0.25, 0.3) is 0 Å². The van der Waals surface area contributed by atoms with Crippen molar-refractivity contribution in [3.8, 4) is 0 Å². The molecule has 1 fully saturated rings. The molecule has 0 bridgehead atoms. The number of hydrogen-bond acceptors (Lipinski definition) is 3. The minimum Gasteiger partial charge on any atom is -0.374 e. The molecule has 124 valence electrons. The largest absolute Gasteiger partial charge is 0.501 e. The van der Waals surface area contributed by atoms with Gasteiger partial charge in [0.15, 0.2) is 0 Å². The molecule has 0 N–H and O–H groups in total. The van der Waals surface area contributed by atoms with E-state index in [-0.39, 0.29) is 5.38 Å². The summed E-state index contributed by atoms with van der Waals surface area (Å²) in [6.07, 6.45) is 0. The van der Waals surface area contributed by atoms with Gasteiger partial charge >= 0.3 is 8.80 Å². The van der Waals surface area contributed by atoms with Gasteiger partial charge in [-0.05, 0) is 30.9 Å². The van der Waals surface area contributed by atoms with Crippen LogP contribution in [0.5, 0.6) is 0 Å². The normalized spacial score (nSPS) is 28.3. The van der Waals surface area contributed by atoms with Crippen molar-refractivity contribution in [1.29, 1.82) is 0 Å². The first-order valence-electron chi connectivity index (χ1n) is 8.11. The van der Waals surface area contributed by atoms with Crippen LogP contribution in [0.2, 0.25) is 6.04 Å². The zero-order valence-corrected chi connectivity index (χ0v) is 15.7. The Kier molecular flexibility index (Phi) is 6.47. The number of benzene rings is 1. The minimum atomic E-state index is -2.53. The van der Waals surface area contributed by atoms with Gasteiger partial charge in [0.05, 0.1) is 5.38 Å². The van der Waals surface area contributed by atoms with Crippen LogP contribution in [-0.4, -0.2) is 28.6 Å². The summed E-state index contributed by atoms with van der Waals surface area (Å²) in [5.74, 6) is 0.784. The first kappa shape index (κ1) is 18.0. The summed E-state index contributed by atoms with van der Waals surface area (Å²) in [5, 5.41) is 0.0417. The van der Waals surface area contributed by atoms with Gasteiger partial charge in [-0.25, -0.2) is 0 Å². The molecule has 2 unspecified atom stereocenters. The lowest BCUT2D eigenvalue weighted by Crippen LogP contribution is -2.52. The number of alkyl halides is 1. The van der Waals surface area contributed by atoms with Gasteiger partial charge in [-0.15, -0.1) is 11.6 Å². The summed E-state index contributed by atoms with van der Waals surface area (Å²) < 4.78 is 18.0. The van der Waals surface area contributed by atoms with Crippen LogP contribution in [0.1, 0.15) is 50.1 Å². The van der Waals surface area contributed by atoms with E-state index in [1.165, 1.54) is 5.56 Å². The highest BCUT2D eigenvalue weighted by atomic mass is 35.5. The van der Waals surface area contributed by atoms with Gasteiger partial charge in [0.1, 0.15) is 0 Å². The molecular formula is C17H27ClO3Si. The molecule has 1 heterocycles. The van der Waals surface area contributed by atoms with Crippen LogP contribution in [0.15, 0.2) is 24.3 Å². The van der Waals surface area contributed by atoms with E-state index in [4.69, 9.17) is 24.9 Å². The molecule has 0 saturated carbocycles. The van der Waals surface area contributed by atoms with Crippen LogP contribution in [0.3, 0.4) is 0 Å². The van der Waals surface area contributed by atoms with Crippen LogP contribution in [-0.2, 0) is 13.3 Å².